The van der Waals surface area contributed by atoms with Crippen LogP contribution in [0.15, 0.2) is 42.5 Å². The third-order valence-electron chi connectivity index (χ3n) is 7.23. The van der Waals surface area contributed by atoms with Crippen LogP contribution < -0.4 is 4.74 Å². The highest BCUT2D eigenvalue weighted by molar-refractivity contribution is 6.30. The first-order valence-electron chi connectivity index (χ1n) is 11.7. The number of likely N-dealkylation sites (tertiary alicyclic amines) is 1. The number of hydrogen-bond donors (Lipinski definition) is 0. The van der Waals surface area contributed by atoms with Crippen molar-refractivity contribution in [2.45, 2.75) is 57.1 Å². The van der Waals surface area contributed by atoms with Crippen LogP contribution in [0.5, 0.6) is 5.75 Å². The van der Waals surface area contributed by atoms with Crippen molar-refractivity contribution >= 4 is 17.5 Å². The van der Waals surface area contributed by atoms with Crippen molar-refractivity contribution in [3.8, 4) is 5.75 Å². The fraction of sp³-hybridized carbons (Fsp3) is 0.500. The Bertz CT molecular complexity index is 918. The molecule has 0 bridgehead atoms. The first-order chi connectivity index (χ1) is 15.2. The Balaban J connectivity index is 1.15. The zero-order valence-electron chi connectivity index (χ0n) is 18.1. The molecule has 0 spiro atoms. The molecule has 1 amide bonds. The first kappa shape index (κ1) is 20.8. The molecule has 2 aromatic carbocycles. The molecule has 1 aliphatic carbocycles. The van der Waals surface area contributed by atoms with E-state index in [2.05, 4.69) is 23.1 Å². The maximum atomic E-state index is 12.7. The number of rotatable bonds is 4. The quantitative estimate of drug-likeness (QED) is 0.675. The van der Waals surface area contributed by atoms with Crippen molar-refractivity contribution in [2.75, 3.05) is 26.2 Å². The molecular formula is C26H31ClN2O2. The number of carbonyl (C=O) groups is 1. The highest BCUT2D eigenvalue weighted by Crippen LogP contribution is 2.29. The number of fused-ring (bicyclic) bond motifs is 1. The maximum absolute atomic E-state index is 12.7. The molecule has 1 saturated heterocycles. The molecule has 31 heavy (non-hydrogen) atoms. The molecule has 0 radical (unpaired) electrons. The maximum Gasteiger partial charge on any atom is 0.253 e. The van der Waals surface area contributed by atoms with Gasteiger partial charge in [-0.05, 0) is 73.2 Å². The number of nitrogens with zero attached hydrogens (tertiary/aromatic N) is 2. The Labute approximate surface area is 190 Å². The topological polar surface area (TPSA) is 32.8 Å². The molecule has 4 nitrogen and oxygen atoms in total. The molecule has 2 fully saturated rings. The Hall–Kier alpha value is -2.04. The summed E-state index contributed by atoms with van der Waals surface area (Å²) in [4.78, 5) is 17.3. The highest BCUT2D eigenvalue weighted by atomic mass is 35.5. The molecule has 0 unspecified atom stereocenters. The summed E-state index contributed by atoms with van der Waals surface area (Å²) < 4.78 is 6.35. The van der Waals surface area contributed by atoms with Crippen LogP contribution >= 0.6 is 11.6 Å². The van der Waals surface area contributed by atoms with Crippen molar-refractivity contribution in [1.82, 2.24) is 9.80 Å². The molecule has 164 valence electrons. The molecule has 5 heteroatoms. The van der Waals surface area contributed by atoms with Crippen LogP contribution in [0.1, 0.15) is 53.6 Å². The number of amides is 1. The normalized spacial score (nSPS) is 20.6. The van der Waals surface area contributed by atoms with Crippen LogP contribution in [-0.4, -0.2) is 54.0 Å². The van der Waals surface area contributed by atoms with E-state index in [1.807, 2.05) is 4.90 Å². The second kappa shape index (κ2) is 9.22. The van der Waals surface area contributed by atoms with Gasteiger partial charge in [0.15, 0.2) is 0 Å². The van der Waals surface area contributed by atoms with Crippen molar-refractivity contribution in [2.24, 2.45) is 0 Å². The molecule has 0 N–H and O–H groups in total. The standard InChI is InChI=1S/C26H31ClN2O2/c27-22-7-4-20(5-8-22)26(30)29-16-12-24(13-17-29)31-25-9-6-19-10-14-28(23-2-1-3-23)15-11-21(19)18-25/h4-9,18,23-24H,1-3,10-17H2. The number of carbonyl (C=O) groups excluding carboxylic acids is 1. The van der Waals surface area contributed by atoms with Gasteiger partial charge in [0.2, 0.25) is 0 Å². The number of ether oxygens (including phenoxy) is 1. The summed E-state index contributed by atoms with van der Waals surface area (Å²) in [5.74, 6) is 1.06. The fourth-order valence-electron chi connectivity index (χ4n) is 5.05. The van der Waals surface area contributed by atoms with Gasteiger partial charge in [-0.25, -0.2) is 0 Å². The Morgan fingerprint density at radius 2 is 1.58 bits per heavy atom. The van der Waals surface area contributed by atoms with E-state index < -0.39 is 0 Å². The summed E-state index contributed by atoms with van der Waals surface area (Å²) in [6, 6.07) is 14.7. The monoisotopic (exact) mass is 438 g/mol. The summed E-state index contributed by atoms with van der Waals surface area (Å²) in [6.07, 6.45) is 8.33. The largest absolute Gasteiger partial charge is 0.490 e. The lowest BCUT2D eigenvalue weighted by molar-refractivity contribution is 0.0595. The highest BCUT2D eigenvalue weighted by Gasteiger charge is 2.27. The van der Waals surface area contributed by atoms with Crippen LogP contribution in [0, 0.1) is 0 Å². The van der Waals surface area contributed by atoms with Crippen LogP contribution in [0.3, 0.4) is 0 Å². The van der Waals surface area contributed by atoms with Crippen LogP contribution in [0.25, 0.3) is 0 Å². The predicted octanol–water partition coefficient (Wildman–Crippen LogP) is 4.98. The Morgan fingerprint density at radius 1 is 0.871 bits per heavy atom. The van der Waals surface area contributed by atoms with Gasteiger partial charge in [0.1, 0.15) is 11.9 Å². The zero-order chi connectivity index (χ0) is 21.2. The predicted molar refractivity (Wildman–Crippen MR) is 124 cm³/mol. The van der Waals surface area contributed by atoms with Crippen LogP contribution in [0.4, 0.5) is 0 Å². The molecular weight excluding hydrogens is 408 g/mol. The van der Waals surface area contributed by atoms with E-state index in [4.69, 9.17) is 16.3 Å². The molecule has 2 aliphatic heterocycles. The minimum atomic E-state index is 0.0798. The van der Waals surface area contributed by atoms with Gasteiger partial charge in [-0.1, -0.05) is 24.1 Å². The Morgan fingerprint density at radius 3 is 2.26 bits per heavy atom. The summed E-state index contributed by atoms with van der Waals surface area (Å²) in [6.45, 7) is 3.82. The van der Waals surface area contributed by atoms with E-state index in [1.54, 1.807) is 24.3 Å². The minimum Gasteiger partial charge on any atom is -0.490 e. The molecule has 0 aromatic heterocycles. The van der Waals surface area contributed by atoms with Crippen molar-refractivity contribution in [3.05, 3.63) is 64.2 Å². The van der Waals surface area contributed by atoms with E-state index in [1.165, 1.54) is 43.5 Å². The first-order valence-corrected chi connectivity index (χ1v) is 12.1. The summed E-state index contributed by atoms with van der Waals surface area (Å²) in [7, 11) is 0. The number of piperidine rings is 1. The lowest BCUT2D eigenvalue weighted by Gasteiger charge is -2.36. The molecule has 3 aliphatic rings. The molecule has 2 heterocycles. The van der Waals surface area contributed by atoms with E-state index in [0.717, 1.165) is 50.6 Å². The number of halogens is 1. The van der Waals surface area contributed by atoms with Gasteiger partial charge in [-0.15, -0.1) is 0 Å². The summed E-state index contributed by atoms with van der Waals surface area (Å²) in [5.41, 5.74) is 3.64. The Kier molecular flexibility index (Phi) is 6.20. The third kappa shape index (κ3) is 4.75. The zero-order valence-corrected chi connectivity index (χ0v) is 18.8. The second-order valence-electron chi connectivity index (χ2n) is 9.17. The van der Waals surface area contributed by atoms with E-state index >= 15 is 0 Å². The van der Waals surface area contributed by atoms with Gasteiger partial charge in [-0.2, -0.15) is 0 Å². The van der Waals surface area contributed by atoms with Gasteiger partial charge < -0.3 is 9.64 Å². The van der Waals surface area contributed by atoms with E-state index in [9.17, 15) is 4.79 Å². The average molecular weight is 439 g/mol. The molecule has 0 atom stereocenters. The minimum absolute atomic E-state index is 0.0798. The SMILES string of the molecule is O=C(c1ccc(Cl)cc1)N1CCC(Oc2ccc3c(c2)CCN(C2CCC2)CC3)CC1. The van der Waals surface area contributed by atoms with E-state index in [0.29, 0.717) is 10.6 Å². The van der Waals surface area contributed by atoms with Gasteiger partial charge in [0.25, 0.3) is 5.91 Å². The average Bonchev–Trinajstić information content (AvgIpc) is 2.96. The summed E-state index contributed by atoms with van der Waals surface area (Å²) in [5, 5.41) is 0.653. The molecule has 2 aromatic rings. The van der Waals surface area contributed by atoms with E-state index in [-0.39, 0.29) is 12.0 Å². The van der Waals surface area contributed by atoms with Gasteiger partial charge in [0.05, 0.1) is 0 Å². The second-order valence-corrected chi connectivity index (χ2v) is 9.60. The smallest absolute Gasteiger partial charge is 0.253 e. The lowest BCUT2D eigenvalue weighted by Crippen LogP contribution is -2.41. The van der Waals surface area contributed by atoms with Crippen LogP contribution in [-0.2, 0) is 12.8 Å². The molecule has 1 saturated carbocycles. The lowest BCUT2D eigenvalue weighted by atomic mass is 9.91. The summed E-state index contributed by atoms with van der Waals surface area (Å²) >= 11 is 5.94. The van der Waals surface area contributed by atoms with Crippen molar-refractivity contribution in [1.29, 1.82) is 0 Å². The van der Waals surface area contributed by atoms with Gasteiger partial charge in [-0.3, -0.25) is 9.69 Å². The molecule has 5 rings (SSSR count). The van der Waals surface area contributed by atoms with Gasteiger partial charge in [0, 0.05) is 55.6 Å². The number of benzene rings is 2. The number of hydrogen-bond acceptors (Lipinski definition) is 3. The fourth-order valence-corrected chi connectivity index (χ4v) is 5.18. The van der Waals surface area contributed by atoms with Crippen LogP contribution in [0.2, 0.25) is 5.02 Å². The third-order valence-corrected chi connectivity index (χ3v) is 7.48. The van der Waals surface area contributed by atoms with Crippen molar-refractivity contribution in [3.63, 3.8) is 0 Å². The van der Waals surface area contributed by atoms with Gasteiger partial charge >= 0.3 is 0 Å². The van der Waals surface area contributed by atoms with Crippen molar-refractivity contribution < 1.29 is 9.53 Å².